The van der Waals surface area contributed by atoms with Crippen LogP contribution in [0.3, 0.4) is 0 Å². The first-order chi connectivity index (χ1) is 14.2. The topological polar surface area (TPSA) is 161 Å². The summed E-state index contributed by atoms with van der Waals surface area (Å²) in [5.41, 5.74) is 11.6. The summed E-state index contributed by atoms with van der Waals surface area (Å²) in [5.74, 6) is -4.54. The highest BCUT2D eigenvalue weighted by molar-refractivity contribution is 8.77. The smallest absolute Gasteiger partial charge is 0.322 e. The molecular formula is C20H20N2O6S2. The van der Waals surface area contributed by atoms with E-state index in [2.05, 4.69) is 0 Å². The zero-order valence-corrected chi connectivity index (χ0v) is 17.3. The predicted molar refractivity (Wildman–Crippen MR) is 116 cm³/mol. The minimum absolute atomic E-state index is 0.106. The molecule has 0 heterocycles. The standard InChI is InChI=1S/C20H20N2O6S2/c21-14(18(25)26)11-29-30-20(15(22)19(27)28,16(23)12-7-3-1-4-8-12)17(24)13-9-5-2-6-10-13/h1-10,14-15H,11,21-22H2,(H,25,26)(H,27,28)/t14-,15+/m1/s1. The number of benzene rings is 2. The van der Waals surface area contributed by atoms with Crippen molar-refractivity contribution in [3.05, 3.63) is 71.8 Å². The Balaban J connectivity index is 2.58. The van der Waals surface area contributed by atoms with Crippen LogP contribution in [0.25, 0.3) is 0 Å². The van der Waals surface area contributed by atoms with Gasteiger partial charge in [-0.2, -0.15) is 0 Å². The monoisotopic (exact) mass is 448 g/mol. The van der Waals surface area contributed by atoms with Crippen LogP contribution >= 0.6 is 21.6 Å². The Morgan fingerprint density at radius 3 is 1.60 bits per heavy atom. The first-order valence-corrected chi connectivity index (χ1v) is 11.0. The predicted octanol–water partition coefficient (Wildman–Crippen LogP) is 1.70. The summed E-state index contributed by atoms with van der Waals surface area (Å²) < 4.78 is -2.24. The first kappa shape index (κ1) is 23.6. The Morgan fingerprint density at radius 2 is 1.23 bits per heavy atom. The van der Waals surface area contributed by atoms with Gasteiger partial charge < -0.3 is 21.7 Å². The molecule has 0 spiro atoms. The van der Waals surface area contributed by atoms with E-state index in [4.69, 9.17) is 16.6 Å². The van der Waals surface area contributed by atoms with E-state index in [0.29, 0.717) is 10.8 Å². The molecule has 8 nitrogen and oxygen atoms in total. The van der Waals surface area contributed by atoms with Crippen LogP contribution in [0.5, 0.6) is 0 Å². The lowest BCUT2D eigenvalue weighted by Crippen LogP contribution is -2.60. The van der Waals surface area contributed by atoms with Crippen LogP contribution in [-0.4, -0.2) is 56.3 Å². The van der Waals surface area contributed by atoms with Crippen LogP contribution in [0.4, 0.5) is 0 Å². The Hall–Kier alpha value is -2.66. The number of carboxylic acid groups (broad SMARTS) is 2. The lowest BCUT2D eigenvalue weighted by Gasteiger charge is -2.33. The molecule has 0 aliphatic heterocycles. The summed E-state index contributed by atoms with van der Waals surface area (Å²) in [4.78, 5) is 49.8. The van der Waals surface area contributed by atoms with E-state index in [-0.39, 0.29) is 16.9 Å². The minimum atomic E-state index is -2.24. The maximum absolute atomic E-state index is 13.5. The van der Waals surface area contributed by atoms with E-state index in [1.54, 1.807) is 36.4 Å². The van der Waals surface area contributed by atoms with Gasteiger partial charge in [0.15, 0.2) is 16.3 Å². The van der Waals surface area contributed by atoms with Crippen LogP contribution in [0.2, 0.25) is 0 Å². The van der Waals surface area contributed by atoms with Crippen molar-refractivity contribution < 1.29 is 29.4 Å². The number of hydrogen-bond donors (Lipinski definition) is 4. The van der Waals surface area contributed by atoms with Gasteiger partial charge in [0.05, 0.1) is 0 Å². The van der Waals surface area contributed by atoms with Gasteiger partial charge in [-0.3, -0.25) is 19.2 Å². The van der Waals surface area contributed by atoms with Crippen molar-refractivity contribution in [1.82, 2.24) is 0 Å². The summed E-state index contributed by atoms with van der Waals surface area (Å²) in [7, 11) is 1.44. The molecule has 158 valence electrons. The maximum atomic E-state index is 13.5. The minimum Gasteiger partial charge on any atom is -0.480 e. The molecule has 0 amide bonds. The molecule has 0 radical (unpaired) electrons. The van der Waals surface area contributed by atoms with Crippen molar-refractivity contribution in [2.24, 2.45) is 11.5 Å². The van der Waals surface area contributed by atoms with Crippen LogP contribution < -0.4 is 11.5 Å². The lowest BCUT2D eigenvalue weighted by molar-refractivity contribution is -0.139. The van der Waals surface area contributed by atoms with Gasteiger partial charge in [0.25, 0.3) is 0 Å². The number of carbonyl (C=O) groups excluding carboxylic acids is 2. The van der Waals surface area contributed by atoms with Gasteiger partial charge in [0, 0.05) is 16.9 Å². The molecule has 0 unspecified atom stereocenters. The number of ketones is 2. The highest BCUT2D eigenvalue weighted by atomic mass is 33.1. The van der Waals surface area contributed by atoms with Gasteiger partial charge in [-0.1, -0.05) is 82.3 Å². The number of hydrogen-bond acceptors (Lipinski definition) is 8. The number of carboxylic acids is 2. The SMILES string of the molecule is N[C@H](CSSC(C(=O)c1ccccc1)(C(=O)c1ccccc1)[C@@H](N)C(=O)O)C(=O)O. The third-order valence-corrected chi connectivity index (χ3v) is 7.26. The number of carbonyl (C=O) groups is 4. The van der Waals surface area contributed by atoms with Gasteiger partial charge in [0.2, 0.25) is 0 Å². The summed E-state index contributed by atoms with van der Waals surface area (Å²) in [6.45, 7) is 0. The molecule has 0 aliphatic rings. The third-order valence-electron chi connectivity index (χ3n) is 4.21. The number of rotatable bonds is 11. The third kappa shape index (κ3) is 5.08. The average molecular weight is 449 g/mol. The fourth-order valence-corrected chi connectivity index (χ4v) is 5.67. The molecule has 0 fully saturated rings. The number of aliphatic carboxylic acids is 2. The van der Waals surface area contributed by atoms with Crippen molar-refractivity contribution in [1.29, 1.82) is 0 Å². The Bertz CT molecular complexity index is 872. The second-order valence-corrected chi connectivity index (χ2v) is 8.84. The van der Waals surface area contributed by atoms with Crippen LogP contribution in [0.1, 0.15) is 20.7 Å². The molecule has 2 aromatic rings. The summed E-state index contributed by atoms with van der Waals surface area (Å²) in [5, 5.41) is 18.6. The van der Waals surface area contributed by atoms with Gasteiger partial charge >= 0.3 is 11.9 Å². The summed E-state index contributed by atoms with van der Waals surface area (Å²) in [6.07, 6.45) is 0. The highest BCUT2D eigenvalue weighted by Gasteiger charge is 2.55. The van der Waals surface area contributed by atoms with E-state index in [9.17, 15) is 24.3 Å². The van der Waals surface area contributed by atoms with Gasteiger partial charge in [-0.15, -0.1) is 0 Å². The van der Waals surface area contributed by atoms with Crippen LogP contribution in [-0.2, 0) is 9.59 Å². The molecule has 10 heteroatoms. The normalized spacial score (nSPS) is 13.3. The summed E-state index contributed by atoms with van der Waals surface area (Å²) >= 11 is 0. The maximum Gasteiger partial charge on any atom is 0.322 e. The molecule has 6 N–H and O–H groups in total. The zero-order chi connectivity index (χ0) is 22.3. The number of Topliss-reactive ketones (excluding diaryl/α,β-unsaturated/α-hetero) is 2. The molecule has 0 aromatic heterocycles. The van der Waals surface area contributed by atoms with E-state index >= 15 is 0 Å². The Labute approximate surface area is 180 Å². The van der Waals surface area contributed by atoms with Gasteiger partial charge in [-0.25, -0.2) is 0 Å². The Kier molecular flexibility index (Phi) is 8.18. The molecule has 0 saturated heterocycles. The molecule has 0 saturated carbocycles. The van der Waals surface area contributed by atoms with E-state index in [1.165, 1.54) is 24.3 Å². The second kappa shape index (κ2) is 10.4. The van der Waals surface area contributed by atoms with Crippen LogP contribution in [0, 0.1) is 0 Å². The fraction of sp³-hybridized carbons (Fsp3) is 0.200. The van der Waals surface area contributed by atoms with E-state index in [0.717, 1.165) is 10.8 Å². The van der Waals surface area contributed by atoms with Crippen molar-refractivity contribution >= 4 is 45.1 Å². The molecule has 2 atom stereocenters. The molecule has 2 rings (SSSR count). The van der Waals surface area contributed by atoms with Crippen molar-refractivity contribution in [2.75, 3.05) is 5.75 Å². The second-order valence-electron chi connectivity index (χ2n) is 6.25. The molecule has 30 heavy (non-hydrogen) atoms. The quantitative estimate of drug-likeness (QED) is 0.226. The van der Waals surface area contributed by atoms with Crippen LogP contribution in [0.15, 0.2) is 60.7 Å². The van der Waals surface area contributed by atoms with Crippen molar-refractivity contribution in [2.45, 2.75) is 16.8 Å². The highest BCUT2D eigenvalue weighted by Crippen LogP contribution is 2.43. The molecule has 2 aromatic carbocycles. The Morgan fingerprint density at radius 1 is 0.800 bits per heavy atom. The first-order valence-electron chi connectivity index (χ1n) is 8.69. The van der Waals surface area contributed by atoms with Crippen molar-refractivity contribution in [3.63, 3.8) is 0 Å². The summed E-state index contributed by atoms with van der Waals surface area (Å²) in [6, 6.07) is 12.3. The molecular weight excluding hydrogens is 428 g/mol. The van der Waals surface area contributed by atoms with E-state index in [1.807, 2.05) is 0 Å². The zero-order valence-electron chi connectivity index (χ0n) is 15.6. The van der Waals surface area contributed by atoms with Gasteiger partial charge in [0.1, 0.15) is 12.1 Å². The molecule has 0 aliphatic carbocycles. The van der Waals surface area contributed by atoms with Gasteiger partial charge in [-0.05, 0) is 0 Å². The fourth-order valence-electron chi connectivity index (χ4n) is 2.57. The lowest BCUT2D eigenvalue weighted by atomic mass is 9.83. The van der Waals surface area contributed by atoms with E-state index < -0.39 is 40.3 Å². The average Bonchev–Trinajstić information content (AvgIpc) is 2.76. The molecule has 0 bridgehead atoms. The largest absolute Gasteiger partial charge is 0.480 e. The number of nitrogens with two attached hydrogens (primary N) is 2. The van der Waals surface area contributed by atoms with Crippen molar-refractivity contribution in [3.8, 4) is 0 Å².